The quantitative estimate of drug-likeness (QED) is 0.748. The fourth-order valence-corrected chi connectivity index (χ4v) is 4.15. The molecular formula is C15H24F3NO. The van der Waals surface area contributed by atoms with Crippen molar-refractivity contribution in [3.8, 4) is 0 Å². The van der Waals surface area contributed by atoms with Crippen molar-refractivity contribution in [3.63, 3.8) is 0 Å². The predicted octanol–water partition coefficient (Wildman–Crippen LogP) is 4.14. The first-order valence-electron chi connectivity index (χ1n) is 7.75. The van der Waals surface area contributed by atoms with Crippen LogP contribution in [0.25, 0.3) is 0 Å². The molecule has 2 fully saturated rings. The minimum atomic E-state index is -4.74. The number of rotatable bonds is 2. The second kappa shape index (κ2) is 5.94. The zero-order valence-electron chi connectivity index (χ0n) is 12.2. The molecule has 0 aromatic carbocycles. The van der Waals surface area contributed by atoms with Gasteiger partial charge < -0.3 is 4.90 Å². The van der Waals surface area contributed by atoms with E-state index in [2.05, 4.69) is 6.92 Å². The average Bonchev–Trinajstić information content (AvgIpc) is 2.37. The van der Waals surface area contributed by atoms with Crippen molar-refractivity contribution in [2.45, 2.75) is 77.1 Å². The number of piperidine rings is 1. The minimum absolute atomic E-state index is 0.196. The Kier molecular flexibility index (Phi) is 4.65. The van der Waals surface area contributed by atoms with E-state index < -0.39 is 12.1 Å². The van der Waals surface area contributed by atoms with Crippen LogP contribution in [0.15, 0.2) is 0 Å². The monoisotopic (exact) mass is 291 g/mol. The maximum Gasteiger partial charge on any atom is 0.471 e. The lowest BCUT2D eigenvalue weighted by atomic mass is 9.70. The maximum absolute atomic E-state index is 12.9. The van der Waals surface area contributed by atoms with Crippen LogP contribution in [0.5, 0.6) is 0 Å². The number of amides is 1. The van der Waals surface area contributed by atoms with Crippen LogP contribution in [0.1, 0.15) is 58.8 Å². The van der Waals surface area contributed by atoms with Gasteiger partial charge in [-0.15, -0.1) is 0 Å². The Balaban J connectivity index is 2.25. The maximum atomic E-state index is 12.9. The molecule has 1 aliphatic carbocycles. The van der Waals surface area contributed by atoms with Crippen molar-refractivity contribution in [2.75, 3.05) is 0 Å². The van der Waals surface area contributed by atoms with Gasteiger partial charge in [-0.1, -0.05) is 33.1 Å². The Hall–Kier alpha value is -0.740. The molecule has 116 valence electrons. The minimum Gasteiger partial charge on any atom is -0.329 e. The zero-order chi connectivity index (χ0) is 14.9. The van der Waals surface area contributed by atoms with E-state index in [1.54, 1.807) is 0 Å². The van der Waals surface area contributed by atoms with Gasteiger partial charge in [0.05, 0.1) is 0 Å². The number of carbonyl (C=O) groups excluding carboxylic acids is 1. The Labute approximate surface area is 118 Å². The molecule has 0 N–H and O–H groups in total. The van der Waals surface area contributed by atoms with Gasteiger partial charge in [-0.3, -0.25) is 4.79 Å². The molecule has 0 aromatic rings. The van der Waals surface area contributed by atoms with Gasteiger partial charge in [0.15, 0.2) is 0 Å². The highest BCUT2D eigenvalue weighted by atomic mass is 19.4. The third-order valence-corrected chi connectivity index (χ3v) is 5.07. The zero-order valence-corrected chi connectivity index (χ0v) is 12.2. The highest BCUT2D eigenvalue weighted by molar-refractivity contribution is 5.82. The van der Waals surface area contributed by atoms with E-state index in [1.807, 2.05) is 6.92 Å². The van der Waals surface area contributed by atoms with Gasteiger partial charge in [-0.25, -0.2) is 0 Å². The van der Waals surface area contributed by atoms with E-state index in [4.69, 9.17) is 0 Å². The van der Waals surface area contributed by atoms with Crippen molar-refractivity contribution in [2.24, 2.45) is 11.8 Å². The lowest BCUT2D eigenvalue weighted by Gasteiger charge is -2.51. The van der Waals surface area contributed by atoms with Crippen LogP contribution in [0, 0.1) is 11.8 Å². The Morgan fingerprint density at radius 2 is 1.90 bits per heavy atom. The first kappa shape index (κ1) is 15.6. The van der Waals surface area contributed by atoms with Gasteiger partial charge in [0.1, 0.15) is 0 Å². The molecule has 5 heteroatoms. The van der Waals surface area contributed by atoms with Crippen LogP contribution in [0.4, 0.5) is 13.2 Å². The van der Waals surface area contributed by atoms with Gasteiger partial charge in [-0.2, -0.15) is 13.2 Å². The SMILES string of the molecule is CCC[C@H]1CC[C@@H]2[C@H](C)CCC[C@@H]2N1C(=O)C(F)(F)F. The molecule has 0 radical (unpaired) electrons. The number of halogens is 3. The summed E-state index contributed by atoms with van der Waals surface area (Å²) in [5.74, 6) is -0.928. The molecule has 20 heavy (non-hydrogen) atoms. The van der Waals surface area contributed by atoms with Crippen molar-refractivity contribution in [1.29, 1.82) is 0 Å². The number of likely N-dealkylation sites (tertiary alicyclic amines) is 1. The Bertz CT molecular complexity index is 356. The fourth-order valence-electron chi connectivity index (χ4n) is 4.15. The summed E-state index contributed by atoms with van der Waals surface area (Å²) in [4.78, 5) is 13.1. The smallest absolute Gasteiger partial charge is 0.329 e. The summed E-state index contributed by atoms with van der Waals surface area (Å²) in [5.41, 5.74) is 0. The topological polar surface area (TPSA) is 20.3 Å². The summed E-state index contributed by atoms with van der Waals surface area (Å²) in [6.07, 6.45) is 1.19. The fraction of sp³-hybridized carbons (Fsp3) is 0.933. The molecule has 2 nitrogen and oxygen atoms in total. The van der Waals surface area contributed by atoms with Crippen LogP contribution in [-0.2, 0) is 4.79 Å². The summed E-state index contributed by atoms with van der Waals surface area (Å²) < 4.78 is 38.7. The molecular weight excluding hydrogens is 267 g/mol. The van der Waals surface area contributed by atoms with Crippen molar-refractivity contribution < 1.29 is 18.0 Å². The molecule has 2 rings (SSSR count). The van der Waals surface area contributed by atoms with Crippen LogP contribution in [0.2, 0.25) is 0 Å². The third kappa shape index (κ3) is 2.96. The van der Waals surface area contributed by atoms with E-state index in [1.165, 1.54) is 4.90 Å². The Morgan fingerprint density at radius 3 is 2.50 bits per heavy atom. The summed E-state index contributed by atoms with van der Waals surface area (Å²) >= 11 is 0. The Morgan fingerprint density at radius 1 is 1.20 bits per heavy atom. The second-order valence-corrected chi connectivity index (χ2v) is 6.37. The molecule has 1 amide bonds. The van der Waals surface area contributed by atoms with Crippen LogP contribution < -0.4 is 0 Å². The van der Waals surface area contributed by atoms with Crippen LogP contribution >= 0.6 is 0 Å². The largest absolute Gasteiger partial charge is 0.471 e. The highest BCUT2D eigenvalue weighted by Crippen LogP contribution is 2.43. The molecule has 0 aromatic heterocycles. The first-order chi connectivity index (χ1) is 9.36. The number of carbonyl (C=O) groups is 1. The normalized spacial score (nSPS) is 34.8. The first-order valence-corrected chi connectivity index (χ1v) is 7.75. The van der Waals surface area contributed by atoms with Crippen LogP contribution in [-0.4, -0.2) is 29.1 Å². The molecule has 2 aliphatic rings. The molecule has 4 atom stereocenters. The van der Waals surface area contributed by atoms with E-state index in [0.717, 1.165) is 38.5 Å². The van der Waals surface area contributed by atoms with Crippen molar-refractivity contribution >= 4 is 5.91 Å². The van der Waals surface area contributed by atoms with E-state index in [-0.39, 0.29) is 18.0 Å². The summed E-state index contributed by atoms with van der Waals surface area (Å²) in [6, 6.07) is -0.418. The van der Waals surface area contributed by atoms with Gasteiger partial charge in [0, 0.05) is 12.1 Å². The third-order valence-electron chi connectivity index (χ3n) is 5.07. The number of hydrogen-bond donors (Lipinski definition) is 0. The van der Waals surface area contributed by atoms with E-state index in [9.17, 15) is 18.0 Å². The van der Waals surface area contributed by atoms with Crippen molar-refractivity contribution in [1.82, 2.24) is 4.90 Å². The molecule has 0 unspecified atom stereocenters. The molecule has 1 aliphatic heterocycles. The van der Waals surface area contributed by atoms with Crippen LogP contribution in [0.3, 0.4) is 0 Å². The predicted molar refractivity (Wildman–Crippen MR) is 71.1 cm³/mol. The second-order valence-electron chi connectivity index (χ2n) is 6.37. The molecule has 1 heterocycles. The lowest BCUT2D eigenvalue weighted by Crippen LogP contribution is -2.59. The van der Waals surface area contributed by atoms with Gasteiger partial charge in [0.25, 0.3) is 0 Å². The van der Waals surface area contributed by atoms with Gasteiger partial charge in [-0.05, 0) is 37.5 Å². The molecule has 1 saturated heterocycles. The standard InChI is InChI=1S/C15H24F3NO/c1-3-5-11-8-9-12-10(2)6-4-7-13(12)19(11)14(20)15(16,17)18/h10-13H,3-9H2,1-2H3/t10-,11+,12-,13+/m1/s1. The van der Waals surface area contributed by atoms with Gasteiger partial charge in [0.2, 0.25) is 0 Å². The molecule has 1 saturated carbocycles. The number of alkyl halides is 3. The molecule has 0 bridgehead atoms. The summed E-state index contributed by atoms with van der Waals surface area (Å²) in [7, 11) is 0. The van der Waals surface area contributed by atoms with E-state index in [0.29, 0.717) is 12.3 Å². The lowest BCUT2D eigenvalue weighted by molar-refractivity contribution is -0.196. The summed E-state index contributed by atoms with van der Waals surface area (Å²) in [6.45, 7) is 4.08. The van der Waals surface area contributed by atoms with E-state index >= 15 is 0 Å². The number of fused-ring (bicyclic) bond motifs is 1. The molecule has 0 spiro atoms. The van der Waals surface area contributed by atoms with Gasteiger partial charge >= 0.3 is 12.1 Å². The van der Waals surface area contributed by atoms with Crippen molar-refractivity contribution in [3.05, 3.63) is 0 Å². The average molecular weight is 291 g/mol. The summed E-state index contributed by atoms with van der Waals surface area (Å²) in [5, 5.41) is 0. The number of nitrogens with zero attached hydrogens (tertiary/aromatic N) is 1. The number of hydrogen-bond acceptors (Lipinski definition) is 1. The highest BCUT2D eigenvalue weighted by Gasteiger charge is 2.51.